The standard InChI is InChI=1S/C25H29NO3/c1-2-3-4-5-6-12-17-29-23-18-22(24(27)21-16-11-10-15-20(21)23)25(28)26-19-13-8-7-9-14-19/h7-11,13-16,18,27H,2-6,12,17H2,1H3,(H,26,28). The number of anilines is 1. The topological polar surface area (TPSA) is 58.6 Å². The summed E-state index contributed by atoms with van der Waals surface area (Å²) in [4.78, 5) is 12.8. The van der Waals surface area contributed by atoms with E-state index in [9.17, 15) is 9.90 Å². The van der Waals surface area contributed by atoms with E-state index in [1.807, 2.05) is 54.6 Å². The van der Waals surface area contributed by atoms with Gasteiger partial charge >= 0.3 is 0 Å². The quantitative estimate of drug-likeness (QED) is 0.386. The molecule has 0 saturated heterocycles. The number of carbonyl (C=O) groups excluding carboxylic acids is 1. The van der Waals surface area contributed by atoms with E-state index >= 15 is 0 Å². The predicted octanol–water partition coefficient (Wildman–Crippen LogP) is 6.54. The number of rotatable bonds is 10. The Hall–Kier alpha value is -3.01. The van der Waals surface area contributed by atoms with Crippen molar-refractivity contribution in [1.29, 1.82) is 0 Å². The van der Waals surface area contributed by atoms with Gasteiger partial charge in [0.2, 0.25) is 0 Å². The maximum Gasteiger partial charge on any atom is 0.259 e. The van der Waals surface area contributed by atoms with E-state index in [1.54, 1.807) is 6.07 Å². The second kappa shape index (κ2) is 10.5. The Morgan fingerprint density at radius 1 is 0.897 bits per heavy atom. The van der Waals surface area contributed by atoms with Crippen LogP contribution in [0.2, 0.25) is 0 Å². The smallest absolute Gasteiger partial charge is 0.259 e. The van der Waals surface area contributed by atoms with Gasteiger partial charge in [0, 0.05) is 16.5 Å². The molecule has 0 atom stereocenters. The fourth-order valence-corrected chi connectivity index (χ4v) is 3.40. The molecule has 0 unspecified atom stereocenters. The molecular formula is C25H29NO3. The molecule has 152 valence electrons. The molecule has 29 heavy (non-hydrogen) atoms. The van der Waals surface area contributed by atoms with Gasteiger partial charge in [-0.15, -0.1) is 0 Å². The van der Waals surface area contributed by atoms with Crippen LogP contribution in [-0.2, 0) is 0 Å². The first-order valence-electron chi connectivity index (χ1n) is 10.4. The molecule has 0 radical (unpaired) electrons. The highest BCUT2D eigenvalue weighted by molar-refractivity contribution is 6.11. The Morgan fingerprint density at radius 2 is 1.55 bits per heavy atom. The van der Waals surface area contributed by atoms with Crippen molar-refractivity contribution in [1.82, 2.24) is 0 Å². The Morgan fingerprint density at radius 3 is 2.31 bits per heavy atom. The van der Waals surface area contributed by atoms with E-state index in [0.717, 1.165) is 18.2 Å². The molecule has 1 amide bonds. The predicted molar refractivity (Wildman–Crippen MR) is 119 cm³/mol. The highest BCUT2D eigenvalue weighted by Crippen LogP contribution is 2.36. The lowest BCUT2D eigenvalue weighted by Crippen LogP contribution is -2.12. The molecule has 3 aromatic carbocycles. The molecule has 0 aromatic heterocycles. The number of nitrogens with one attached hydrogen (secondary N) is 1. The lowest BCUT2D eigenvalue weighted by atomic mass is 10.0. The van der Waals surface area contributed by atoms with Crippen molar-refractivity contribution < 1.29 is 14.6 Å². The number of phenolic OH excluding ortho intramolecular Hbond substituents is 1. The number of para-hydroxylation sites is 1. The number of hydrogen-bond acceptors (Lipinski definition) is 3. The third-order valence-corrected chi connectivity index (χ3v) is 5.01. The summed E-state index contributed by atoms with van der Waals surface area (Å²) >= 11 is 0. The molecule has 0 aliphatic heterocycles. The molecule has 0 bridgehead atoms. The minimum absolute atomic E-state index is 0.0269. The Bertz CT molecular complexity index is 937. The van der Waals surface area contributed by atoms with Gasteiger partial charge < -0.3 is 15.2 Å². The van der Waals surface area contributed by atoms with Gasteiger partial charge in [0.15, 0.2) is 0 Å². The summed E-state index contributed by atoms with van der Waals surface area (Å²) in [7, 11) is 0. The molecule has 3 aromatic rings. The third kappa shape index (κ3) is 5.50. The zero-order chi connectivity index (χ0) is 20.5. The molecule has 0 heterocycles. The van der Waals surface area contributed by atoms with Crippen molar-refractivity contribution >= 4 is 22.4 Å². The molecule has 4 nitrogen and oxygen atoms in total. The summed E-state index contributed by atoms with van der Waals surface area (Å²) in [6, 6.07) is 18.3. The van der Waals surface area contributed by atoms with Gasteiger partial charge in [-0.05, 0) is 24.6 Å². The molecule has 0 aliphatic rings. The second-order valence-electron chi connectivity index (χ2n) is 7.25. The molecule has 0 spiro atoms. The average molecular weight is 392 g/mol. The van der Waals surface area contributed by atoms with Gasteiger partial charge in [-0.3, -0.25) is 4.79 Å². The van der Waals surface area contributed by atoms with Crippen molar-refractivity contribution in [3.63, 3.8) is 0 Å². The van der Waals surface area contributed by atoms with Crippen LogP contribution >= 0.6 is 0 Å². The number of ether oxygens (including phenoxy) is 1. The third-order valence-electron chi connectivity index (χ3n) is 5.01. The van der Waals surface area contributed by atoms with Gasteiger partial charge in [0.05, 0.1) is 12.2 Å². The molecule has 4 heteroatoms. The number of aromatic hydroxyl groups is 1. The summed E-state index contributed by atoms with van der Waals surface area (Å²) in [5.41, 5.74) is 0.894. The zero-order valence-electron chi connectivity index (χ0n) is 17.0. The molecule has 0 saturated carbocycles. The van der Waals surface area contributed by atoms with Crippen LogP contribution in [-0.4, -0.2) is 17.6 Å². The lowest BCUT2D eigenvalue weighted by Gasteiger charge is -2.14. The summed E-state index contributed by atoms with van der Waals surface area (Å²) in [6.07, 6.45) is 7.12. The Balaban J connectivity index is 1.76. The summed E-state index contributed by atoms with van der Waals surface area (Å²) < 4.78 is 6.03. The molecular weight excluding hydrogens is 362 g/mol. The van der Waals surface area contributed by atoms with Crippen molar-refractivity contribution in [2.24, 2.45) is 0 Å². The monoisotopic (exact) mass is 391 g/mol. The first-order chi connectivity index (χ1) is 14.2. The van der Waals surface area contributed by atoms with E-state index in [1.165, 1.54) is 25.7 Å². The van der Waals surface area contributed by atoms with Crippen LogP contribution in [0.15, 0.2) is 60.7 Å². The van der Waals surface area contributed by atoms with Gasteiger partial charge in [-0.1, -0.05) is 81.5 Å². The minimum Gasteiger partial charge on any atom is -0.506 e. The van der Waals surface area contributed by atoms with Crippen LogP contribution in [0.1, 0.15) is 55.8 Å². The van der Waals surface area contributed by atoms with Crippen molar-refractivity contribution in [3.8, 4) is 11.5 Å². The lowest BCUT2D eigenvalue weighted by molar-refractivity contribution is 0.102. The van der Waals surface area contributed by atoms with Gasteiger partial charge in [-0.2, -0.15) is 0 Å². The first-order valence-corrected chi connectivity index (χ1v) is 10.4. The van der Waals surface area contributed by atoms with E-state index in [0.29, 0.717) is 23.4 Å². The summed E-state index contributed by atoms with van der Waals surface area (Å²) in [5.74, 6) is 0.245. The van der Waals surface area contributed by atoms with E-state index in [-0.39, 0.29) is 17.2 Å². The molecule has 0 aliphatic carbocycles. The highest BCUT2D eigenvalue weighted by atomic mass is 16.5. The SMILES string of the molecule is CCCCCCCCOc1cc(C(=O)Nc2ccccc2)c(O)c2ccccc12. The van der Waals surface area contributed by atoms with Crippen LogP contribution in [0.3, 0.4) is 0 Å². The Labute approximate surface area is 172 Å². The number of carbonyl (C=O) groups is 1. The number of benzene rings is 3. The first kappa shape index (κ1) is 20.7. The molecule has 2 N–H and O–H groups in total. The van der Waals surface area contributed by atoms with Crippen LogP contribution in [0.25, 0.3) is 10.8 Å². The normalized spacial score (nSPS) is 10.8. The summed E-state index contributed by atoms with van der Waals surface area (Å²) in [5, 5.41) is 15.0. The van der Waals surface area contributed by atoms with Gasteiger partial charge in [0.25, 0.3) is 5.91 Å². The van der Waals surface area contributed by atoms with Crippen LogP contribution in [0.4, 0.5) is 5.69 Å². The average Bonchev–Trinajstić information content (AvgIpc) is 2.75. The van der Waals surface area contributed by atoms with Crippen LogP contribution in [0.5, 0.6) is 11.5 Å². The van der Waals surface area contributed by atoms with Gasteiger partial charge in [-0.25, -0.2) is 0 Å². The van der Waals surface area contributed by atoms with Crippen molar-refractivity contribution in [2.45, 2.75) is 45.4 Å². The minimum atomic E-state index is -0.358. The van der Waals surface area contributed by atoms with E-state index < -0.39 is 0 Å². The number of unbranched alkanes of at least 4 members (excludes halogenated alkanes) is 5. The van der Waals surface area contributed by atoms with Crippen molar-refractivity contribution in [2.75, 3.05) is 11.9 Å². The van der Waals surface area contributed by atoms with Gasteiger partial charge in [0.1, 0.15) is 11.5 Å². The van der Waals surface area contributed by atoms with E-state index in [4.69, 9.17) is 4.74 Å². The maximum atomic E-state index is 12.8. The zero-order valence-corrected chi connectivity index (χ0v) is 17.0. The van der Waals surface area contributed by atoms with E-state index in [2.05, 4.69) is 12.2 Å². The number of amides is 1. The summed E-state index contributed by atoms with van der Waals surface area (Å²) in [6.45, 7) is 2.81. The molecule has 3 rings (SSSR count). The van der Waals surface area contributed by atoms with Crippen LogP contribution in [0, 0.1) is 0 Å². The van der Waals surface area contributed by atoms with Crippen molar-refractivity contribution in [3.05, 3.63) is 66.2 Å². The largest absolute Gasteiger partial charge is 0.506 e. The number of fused-ring (bicyclic) bond motifs is 1. The maximum absolute atomic E-state index is 12.8. The fourth-order valence-electron chi connectivity index (χ4n) is 3.40. The van der Waals surface area contributed by atoms with Crippen LogP contribution < -0.4 is 10.1 Å². The highest BCUT2D eigenvalue weighted by Gasteiger charge is 2.18. The number of hydrogen-bond donors (Lipinski definition) is 2. The molecule has 0 fully saturated rings. The number of phenols is 1. The Kier molecular flexibility index (Phi) is 7.51. The second-order valence-corrected chi connectivity index (χ2v) is 7.25. The fraction of sp³-hybridized carbons (Fsp3) is 0.320.